The summed E-state index contributed by atoms with van der Waals surface area (Å²) >= 11 is 0. The van der Waals surface area contributed by atoms with Crippen LogP contribution in [0.15, 0.2) is 78.4 Å². The lowest BCUT2D eigenvalue weighted by Gasteiger charge is -2.12. The number of anilines is 2. The van der Waals surface area contributed by atoms with E-state index in [-0.39, 0.29) is 22.5 Å². The van der Waals surface area contributed by atoms with Crippen LogP contribution in [0, 0.1) is 11.6 Å². The molecule has 0 heterocycles. The molecule has 31 heavy (non-hydrogen) atoms. The SMILES string of the molecule is O=C(Nc1ccccc1F)C(=Cc1ccccc1C(=O)O)C(=O)Nc1ccccc1F. The lowest BCUT2D eigenvalue weighted by atomic mass is 10.0. The van der Waals surface area contributed by atoms with Crippen LogP contribution >= 0.6 is 0 Å². The van der Waals surface area contributed by atoms with Gasteiger partial charge in [0.05, 0.1) is 16.9 Å². The lowest BCUT2D eigenvalue weighted by Crippen LogP contribution is -2.26. The minimum absolute atomic E-state index is 0.0670. The topological polar surface area (TPSA) is 95.5 Å². The van der Waals surface area contributed by atoms with Crippen LogP contribution in [0.2, 0.25) is 0 Å². The molecule has 3 aromatic carbocycles. The number of hydrogen-bond acceptors (Lipinski definition) is 3. The summed E-state index contributed by atoms with van der Waals surface area (Å²) in [6.45, 7) is 0. The molecule has 3 N–H and O–H groups in total. The van der Waals surface area contributed by atoms with Gasteiger partial charge >= 0.3 is 5.97 Å². The molecule has 0 radical (unpaired) electrons. The largest absolute Gasteiger partial charge is 0.478 e. The zero-order valence-corrected chi connectivity index (χ0v) is 15.9. The molecule has 3 aromatic rings. The van der Waals surface area contributed by atoms with Crippen molar-refractivity contribution in [3.8, 4) is 0 Å². The third-order valence-corrected chi connectivity index (χ3v) is 4.22. The summed E-state index contributed by atoms with van der Waals surface area (Å²) in [6, 6.07) is 16.4. The van der Waals surface area contributed by atoms with Crippen molar-refractivity contribution >= 4 is 35.2 Å². The number of hydrogen-bond donors (Lipinski definition) is 3. The van der Waals surface area contributed by atoms with Crippen LogP contribution in [0.4, 0.5) is 20.2 Å². The summed E-state index contributed by atoms with van der Waals surface area (Å²) in [7, 11) is 0. The van der Waals surface area contributed by atoms with Gasteiger partial charge in [0.2, 0.25) is 0 Å². The molecular weight excluding hydrogens is 406 g/mol. The quantitative estimate of drug-likeness (QED) is 0.313. The van der Waals surface area contributed by atoms with E-state index in [0.29, 0.717) is 0 Å². The third-order valence-electron chi connectivity index (χ3n) is 4.22. The fraction of sp³-hybridized carbons (Fsp3) is 0. The number of halogens is 2. The molecule has 0 aromatic heterocycles. The molecule has 3 rings (SSSR count). The van der Waals surface area contributed by atoms with E-state index in [2.05, 4.69) is 10.6 Å². The van der Waals surface area contributed by atoms with Crippen molar-refractivity contribution in [3.05, 3.63) is 101 Å². The van der Waals surface area contributed by atoms with Gasteiger partial charge in [-0.05, 0) is 42.0 Å². The standard InChI is InChI=1S/C23H16F2N2O4/c24-17-9-3-5-11-19(17)26-21(28)16(13-14-7-1-2-8-15(14)23(30)31)22(29)27-20-12-6-4-10-18(20)25/h1-13H,(H,26,28)(H,27,29)(H,30,31). The Morgan fingerprint density at radius 2 is 1.16 bits per heavy atom. The molecule has 0 unspecified atom stereocenters. The van der Waals surface area contributed by atoms with Crippen molar-refractivity contribution in [1.29, 1.82) is 0 Å². The normalized spacial score (nSPS) is 10.1. The lowest BCUT2D eigenvalue weighted by molar-refractivity contribution is -0.118. The first-order valence-corrected chi connectivity index (χ1v) is 9.02. The van der Waals surface area contributed by atoms with Crippen molar-refractivity contribution in [3.63, 3.8) is 0 Å². The third kappa shape index (κ3) is 5.18. The number of rotatable bonds is 6. The van der Waals surface area contributed by atoms with Crippen molar-refractivity contribution in [2.24, 2.45) is 0 Å². The molecule has 0 aliphatic rings. The van der Waals surface area contributed by atoms with Crippen molar-refractivity contribution in [2.75, 3.05) is 10.6 Å². The van der Waals surface area contributed by atoms with Crippen LogP contribution < -0.4 is 10.6 Å². The highest BCUT2D eigenvalue weighted by Crippen LogP contribution is 2.19. The van der Waals surface area contributed by atoms with Crippen molar-refractivity contribution in [2.45, 2.75) is 0 Å². The molecule has 0 saturated heterocycles. The zero-order chi connectivity index (χ0) is 22.4. The Morgan fingerprint density at radius 3 is 1.65 bits per heavy atom. The highest BCUT2D eigenvalue weighted by molar-refractivity contribution is 6.29. The van der Waals surface area contributed by atoms with Gasteiger partial charge in [0.1, 0.15) is 17.2 Å². The fourth-order valence-electron chi connectivity index (χ4n) is 2.71. The molecule has 0 atom stereocenters. The number of benzene rings is 3. The number of nitrogens with one attached hydrogen (secondary N) is 2. The van der Waals surface area contributed by atoms with Crippen LogP contribution in [0.1, 0.15) is 15.9 Å². The van der Waals surface area contributed by atoms with Crippen molar-refractivity contribution < 1.29 is 28.3 Å². The second-order valence-corrected chi connectivity index (χ2v) is 6.32. The average molecular weight is 422 g/mol. The van der Waals surface area contributed by atoms with Gasteiger partial charge in [-0.3, -0.25) is 9.59 Å². The number of para-hydroxylation sites is 2. The highest BCUT2D eigenvalue weighted by atomic mass is 19.1. The minimum atomic E-state index is -1.27. The maximum absolute atomic E-state index is 13.9. The Labute approximate surface area is 175 Å². The predicted molar refractivity (Wildman–Crippen MR) is 111 cm³/mol. The van der Waals surface area contributed by atoms with Gasteiger partial charge in [-0.25, -0.2) is 13.6 Å². The van der Waals surface area contributed by atoms with Crippen LogP contribution in [0.3, 0.4) is 0 Å². The molecule has 0 saturated carbocycles. The summed E-state index contributed by atoms with van der Waals surface area (Å²) in [5.74, 6) is -4.72. The maximum atomic E-state index is 13.9. The van der Waals surface area contributed by atoms with Crippen LogP contribution in [0.25, 0.3) is 6.08 Å². The summed E-state index contributed by atoms with van der Waals surface area (Å²) in [4.78, 5) is 37.1. The first kappa shape index (κ1) is 21.4. The van der Waals surface area contributed by atoms with E-state index in [9.17, 15) is 28.3 Å². The van der Waals surface area contributed by atoms with E-state index in [0.717, 1.165) is 18.2 Å². The van der Waals surface area contributed by atoms with Gasteiger partial charge in [-0.1, -0.05) is 42.5 Å². The number of amides is 2. The molecule has 6 nitrogen and oxygen atoms in total. The van der Waals surface area contributed by atoms with Crippen LogP contribution in [-0.4, -0.2) is 22.9 Å². The molecular formula is C23H16F2N2O4. The minimum Gasteiger partial charge on any atom is -0.478 e. The molecule has 8 heteroatoms. The Balaban J connectivity index is 2.02. The number of aromatic carboxylic acids is 1. The van der Waals surface area contributed by atoms with E-state index in [1.807, 2.05) is 0 Å². The summed E-state index contributed by atoms with van der Waals surface area (Å²) in [5, 5.41) is 13.9. The first-order valence-electron chi connectivity index (χ1n) is 9.02. The molecule has 0 fully saturated rings. The van der Waals surface area contributed by atoms with E-state index in [1.54, 1.807) is 0 Å². The van der Waals surface area contributed by atoms with E-state index < -0.39 is 35.0 Å². The number of carbonyl (C=O) groups is 3. The Kier molecular flexibility index (Phi) is 6.51. The van der Waals surface area contributed by atoms with Gasteiger partial charge in [-0.15, -0.1) is 0 Å². The zero-order valence-electron chi connectivity index (χ0n) is 15.9. The summed E-state index contributed by atoms with van der Waals surface area (Å²) < 4.78 is 27.9. The highest BCUT2D eigenvalue weighted by Gasteiger charge is 2.22. The Morgan fingerprint density at radius 1 is 0.710 bits per heavy atom. The van der Waals surface area contributed by atoms with Gasteiger partial charge in [-0.2, -0.15) is 0 Å². The molecule has 0 aliphatic heterocycles. The predicted octanol–water partition coefficient (Wildman–Crippen LogP) is 4.32. The first-order chi connectivity index (χ1) is 14.9. The fourth-order valence-corrected chi connectivity index (χ4v) is 2.71. The second kappa shape index (κ2) is 9.45. The van der Waals surface area contributed by atoms with E-state index >= 15 is 0 Å². The second-order valence-electron chi connectivity index (χ2n) is 6.32. The molecule has 0 spiro atoms. The monoisotopic (exact) mass is 422 g/mol. The van der Waals surface area contributed by atoms with Gasteiger partial charge in [0, 0.05) is 0 Å². The van der Waals surface area contributed by atoms with Gasteiger partial charge in [0.15, 0.2) is 0 Å². The summed E-state index contributed by atoms with van der Waals surface area (Å²) in [6.07, 6.45) is 1.05. The molecule has 156 valence electrons. The number of carbonyl (C=O) groups excluding carboxylic acids is 2. The van der Waals surface area contributed by atoms with Gasteiger partial charge in [0.25, 0.3) is 11.8 Å². The smallest absolute Gasteiger partial charge is 0.336 e. The molecule has 0 bridgehead atoms. The Bertz CT molecular complexity index is 1130. The molecule has 2 amide bonds. The maximum Gasteiger partial charge on any atom is 0.336 e. The Hall–Kier alpha value is -4.33. The van der Waals surface area contributed by atoms with Crippen LogP contribution in [-0.2, 0) is 9.59 Å². The van der Waals surface area contributed by atoms with Crippen LogP contribution in [0.5, 0.6) is 0 Å². The van der Waals surface area contributed by atoms with E-state index in [1.165, 1.54) is 60.7 Å². The number of carboxylic acid groups (broad SMARTS) is 1. The number of carboxylic acids is 1. The van der Waals surface area contributed by atoms with E-state index in [4.69, 9.17) is 0 Å². The van der Waals surface area contributed by atoms with Crippen molar-refractivity contribution in [1.82, 2.24) is 0 Å². The summed E-state index contributed by atoms with van der Waals surface area (Å²) in [5.41, 5.74) is -0.984. The molecule has 0 aliphatic carbocycles. The average Bonchev–Trinajstić information content (AvgIpc) is 2.75. The van der Waals surface area contributed by atoms with Gasteiger partial charge < -0.3 is 15.7 Å².